The van der Waals surface area contributed by atoms with Crippen LogP contribution in [-0.2, 0) is 5.41 Å². The fraction of sp³-hybridized carbons (Fsp3) is 0.438. The number of aromatic nitrogens is 5. The molecule has 0 unspecified atom stereocenters. The number of nitrogens with one attached hydrogen (secondary N) is 2. The summed E-state index contributed by atoms with van der Waals surface area (Å²) in [5.74, 6) is 1.12. The molecule has 10 nitrogen and oxygen atoms in total. The number of benzene rings is 1. The lowest BCUT2D eigenvalue weighted by molar-refractivity contribution is 0.0754. The van der Waals surface area contributed by atoms with Crippen LogP contribution in [0.2, 0.25) is 0 Å². The van der Waals surface area contributed by atoms with E-state index < -0.39 is 6.43 Å². The Morgan fingerprint density at radius 3 is 2.55 bits per heavy atom. The third-order valence-corrected chi connectivity index (χ3v) is 8.75. The molecule has 0 spiro atoms. The second-order valence-electron chi connectivity index (χ2n) is 11.5. The van der Waals surface area contributed by atoms with Gasteiger partial charge in [0.1, 0.15) is 12.1 Å². The van der Waals surface area contributed by atoms with Crippen LogP contribution in [0.15, 0.2) is 55.2 Å². The third-order valence-electron chi connectivity index (χ3n) is 8.75. The molecule has 1 saturated heterocycles. The van der Waals surface area contributed by atoms with Crippen molar-refractivity contribution in [3.8, 4) is 11.3 Å². The first kappa shape index (κ1) is 31.1. The average molecular weight is 604 g/mol. The Hall–Kier alpha value is -4.32. The summed E-state index contributed by atoms with van der Waals surface area (Å²) in [5, 5.41) is 7.02. The number of pyridine rings is 1. The Morgan fingerprint density at radius 1 is 1.11 bits per heavy atom. The molecule has 1 amide bonds. The van der Waals surface area contributed by atoms with Gasteiger partial charge in [-0.05, 0) is 30.9 Å². The molecule has 5 rings (SSSR count). The summed E-state index contributed by atoms with van der Waals surface area (Å²) in [5.41, 5.74) is 3.61. The van der Waals surface area contributed by atoms with Gasteiger partial charge in [0, 0.05) is 80.8 Å². The van der Waals surface area contributed by atoms with Crippen molar-refractivity contribution >= 4 is 28.6 Å². The number of hydrogen-bond donors (Lipinski definition) is 2. The molecule has 0 bridgehead atoms. The van der Waals surface area contributed by atoms with Crippen molar-refractivity contribution in [3.05, 3.63) is 66.4 Å². The lowest BCUT2D eigenvalue weighted by atomic mass is 9.78. The van der Waals surface area contributed by atoms with Crippen LogP contribution in [0.3, 0.4) is 0 Å². The van der Waals surface area contributed by atoms with Crippen LogP contribution in [0.5, 0.6) is 0 Å². The fourth-order valence-electron chi connectivity index (χ4n) is 5.79. The minimum atomic E-state index is -2.31. The van der Waals surface area contributed by atoms with Gasteiger partial charge >= 0.3 is 0 Å². The molecule has 1 aromatic carbocycles. The summed E-state index contributed by atoms with van der Waals surface area (Å²) in [7, 11) is 3.57. The van der Waals surface area contributed by atoms with Crippen molar-refractivity contribution in [1.29, 1.82) is 0 Å². The second kappa shape index (κ2) is 13.5. The Balaban J connectivity index is 1.28. The molecular formula is C32H39F2N9O. The molecule has 2 N–H and O–H groups in total. The first-order valence-electron chi connectivity index (χ1n) is 14.9. The topological polar surface area (TPSA) is 112 Å². The molecule has 1 atom stereocenters. The number of carbonyl (C=O) groups is 1. The van der Waals surface area contributed by atoms with E-state index in [0.29, 0.717) is 42.7 Å². The highest BCUT2D eigenvalue weighted by Crippen LogP contribution is 2.34. The van der Waals surface area contributed by atoms with Gasteiger partial charge in [-0.3, -0.25) is 14.7 Å². The van der Waals surface area contributed by atoms with Gasteiger partial charge in [0.15, 0.2) is 0 Å². The quantitative estimate of drug-likeness (QED) is 0.250. The van der Waals surface area contributed by atoms with E-state index >= 15 is 0 Å². The van der Waals surface area contributed by atoms with Crippen LogP contribution in [0.25, 0.3) is 22.2 Å². The number of para-hydroxylation sites is 1. The number of anilines is 2. The van der Waals surface area contributed by atoms with E-state index in [0.717, 1.165) is 41.3 Å². The van der Waals surface area contributed by atoms with E-state index in [2.05, 4.69) is 55.5 Å². The maximum Gasteiger partial charge on any atom is 0.251 e. The van der Waals surface area contributed by atoms with Crippen molar-refractivity contribution in [2.75, 3.05) is 50.5 Å². The van der Waals surface area contributed by atoms with Gasteiger partial charge in [0.05, 0.1) is 23.3 Å². The molecule has 0 radical (unpaired) electrons. The number of likely N-dealkylation sites (tertiary alicyclic amines) is 1. The summed E-state index contributed by atoms with van der Waals surface area (Å²) < 4.78 is 25.4. The van der Waals surface area contributed by atoms with Gasteiger partial charge in [-0.1, -0.05) is 32.0 Å². The lowest BCUT2D eigenvalue weighted by Crippen LogP contribution is -2.45. The molecule has 0 aliphatic carbocycles. The number of nitrogens with zero attached hydrogens (tertiary/aromatic N) is 7. The predicted molar refractivity (Wildman–Crippen MR) is 168 cm³/mol. The van der Waals surface area contributed by atoms with Crippen LogP contribution < -0.4 is 15.5 Å². The van der Waals surface area contributed by atoms with Crippen molar-refractivity contribution < 1.29 is 13.6 Å². The monoisotopic (exact) mass is 603 g/mol. The first-order chi connectivity index (χ1) is 21.2. The minimum Gasteiger partial charge on any atom is -0.369 e. The van der Waals surface area contributed by atoms with E-state index in [1.54, 1.807) is 31.7 Å². The molecule has 0 saturated carbocycles. The maximum absolute atomic E-state index is 12.7. The number of carbonyl (C=O) groups excluding carboxylic acids is 1. The Labute approximate surface area is 256 Å². The molecule has 1 fully saturated rings. The SMILES string of the molecule is CC[C@@](C)(CNc1cc(-c2cnc(N(C)C3CCN(CC(F)F)CC3)nc2)ncn1)c1cccc2c(C(=O)NC)ccnc12. The Morgan fingerprint density at radius 2 is 1.86 bits per heavy atom. The molecule has 12 heteroatoms. The number of halogens is 2. The summed E-state index contributed by atoms with van der Waals surface area (Å²) in [6.07, 6.45) is 6.80. The predicted octanol–water partition coefficient (Wildman–Crippen LogP) is 4.79. The number of alkyl halides is 2. The van der Waals surface area contributed by atoms with E-state index in [4.69, 9.17) is 0 Å². The third kappa shape index (κ3) is 6.75. The van der Waals surface area contributed by atoms with Crippen molar-refractivity contribution in [2.45, 2.75) is 51.0 Å². The minimum absolute atomic E-state index is 0.143. The summed E-state index contributed by atoms with van der Waals surface area (Å²) >= 11 is 0. The highest BCUT2D eigenvalue weighted by Gasteiger charge is 2.29. The highest BCUT2D eigenvalue weighted by atomic mass is 19.3. The molecule has 1 aliphatic heterocycles. The first-order valence-corrected chi connectivity index (χ1v) is 14.9. The van der Waals surface area contributed by atoms with Crippen molar-refractivity contribution in [3.63, 3.8) is 0 Å². The fourth-order valence-corrected chi connectivity index (χ4v) is 5.79. The number of fused-ring (bicyclic) bond motifs is 1. The normalized spacial score (nSPS) is 15.7. The van der Waals surface area contributed by atoms with Crippen LogP contribution in [0, 0.1) is 0 Å². The average Bonchev–Trinajstić information content (AvgIpc) is 3.06. The molecule has 1 aliphatic rings. The van der Waals surface area contributed by atoms with Crippen LogP contribution in [-0.4, -0.2) is 88.5 Å². The van der Waals surface area contributed by atoms with Crippen LogP contribution >= 0.6 is 0 Å². The van der Waals surface area contributed by atoms with Gasteiger partial charge in [-0.25, -0.2) is 28.7 Å². The number of rotatable bonds is 11. The zero-order valence-electron chi connectivity index (χ0n) is 25.6. The van der Waals surface area contributed by atoms with E-state index in [1.165, 1.54) is 6.33 Å². The largest absolute Gasteiger partial charge is 0.369 e. The van der Waals surface area contributed by atoms with Crippen LogP contribution in [0.1, 0.15) is 49.0 Å². The van der Waals surface area contributed by atoms with E-state index in [1.807, 2.05) is 35.0 Å². The molecule has 44 heavy (non-hydrogen) atoms. The number of piperidine rings is 1. The summed E-state index contributed by atoms with van der Waals surface area (Å²) in [6, 6.07) is 9.79. The zero-order chi connectivity index (χ0) is 31.3. The smallest absolute Gasteiger partial charge is 0.251 e. The lowest BCUT2D eigenvalue weighted by Gasteiger charge is -2.36. The summed E-state index contributed by atoms with van der Waals surface area (Å²) in [4.78, 5) is 39.0. The van der Waals surface area contributed by atoms with Crippen molar-refractivity contribution in [1.82, 2.24) is 35.1 Å². The van der Waals surface area contributed by atoms with Gasteiger partial charge in [0.2, 0.25) is 5.95 Å². The molecule has 4 aromatic rings. The molecule has 232 valence electrons. The maximum atomic E-state index is 12.7. The van der Waals surface area contributed by atoms with E-state index in [-0.39, 0.29) is 23.9 Å². The van der Waals surface area contributed by atoms with Gasteiger partial charge in [0.25, 0.3) is 12.3 Å². The standard InChI is InChI=1S/C32H39F2N9O/c1-5-32(2,25-8-6-7-23-24(30(44)35-3)9-12-36-29(23)25)19-39-28-15-26(40-20-41-28)21-16-37-31(38-17-21)42(4)22-10-13-43(14-11-22)18-27(33)34/h6-9,12,15-17,20,22,27H,5,10-11,13-14,18-19H2,1-4H3,(H,35,44)(H,39,40,41)/t32-/m0/s1. The molecule has 4 heterocycles. The Kier molecular flexibility index (Phi) is 9.58. The molecule has 3 aromatic heterocycles. The van der Waals surface area contributed by atoms with E-state index in [9.17, 15) is 13.6 Å². The van der Waals surface area contributed by atoms with Crippen LogP contribution in [0.4, 0.5) is 20.5 Å². The highest BCUT2D eigenvalue weighted by molar-refractivity contribution is 6.06. The molecular weight excluding hydrogens is 564 g/mol. The second-order valence-corrected chi connectivity index (χ2v) is 11.5. The Bertz CT molecular complexity index is 1580. The summed E-state index contributed by atoms with van der Waals surface area (Å²) in [6.45, 7) is 6.00. The number of amides is 1. The van der Waals surface area contributed by atoms with Gasteiger partial charge in [-0.2, -0.15) is 0 Å². The van der Waals surface area contributed by atoms with Gasteiger partial charge < -0.3 is 15.5 Å². The van der Waals surface area contributed by atoms with Gasteiger partial charge in [-0.15, -0.1) is 0 Å². The van der Waals surface area contributed by atoms with Crippen molar-refractivity contribution in [2.24, 2.45) is 0 Å². The number of hydrogen-bond acceptors (Lipinski definition) is 9. The zero-order valence-corrected chi connectivity index (χ0v) is 25.6.